The Balaban J connectivity index is 1.39. The van der Waals surface area contributed by atoms with Crippen LogP contribution in [0.4, 0.5) is 10.8 Å². The number of nitrogens with two attached hydrogens (primary N) is 2. The summed E-state index contributed by atoms with van der Waals surface area (Å²) in [6.45, 7) is 0.263. The maximum absolute atomic E-state index is 13.1. The predicted molar refractivity (Wildman–Crippen MR) is 138 cm³/mol. The number of aliphatic carboxylic acids is 1. The number of amides is 2. The Hall–Kier alpha value is -4.17. The summed E-state index contributed by atoms with van der Waals surface area (Å²) in [6.07, 6.45) is 1.84. The number of thioether (sulfide) groups is 1. The molecule has 0 radical (unpaired) electrons. The van der Waals surface area contributed by atoms with Crippen molar-refractivity contribution in [3.05, 3.63) is 58.9 Å². The maximum Gasteiger partial charge on any atom is 0.352 e. The minimum absolute atomic E-state index is 0.0780. The Kier molecular flexibility index (Phi) is 6.43. The molecular weight excluding hydrogens is 518 g/mol. The van der Waals surface area contributed by atoms with Crippen molar-refractivity contribution in [3.63, 3.8) is 0 Å². The first kappa shape index (κ1) is 24.5. The highest BCUT2D eigenvalue weighted by Crippen LogP contribution is 2.40. The molecule has 1 aromatic carbocycles. The number of thiazole rings is 1. The minimum atomic E-state index is -1.21. The second-order valence-electron chi connectivity index (χ2n) is 8.23. The van der Waals surface area contributed by atoms with Crippen LogP contribution in [0.2, 0.25) is 0 Å². The Bertz CT molecular complexity index is 1500. The highest BCUT2D eigenvalue weighted by atomic mass is 32.2. The lowest BCUT2D eigenvalue weighted by atomic mass is 10.0. The fraction of sp³-hybridized carbons (Fsp3) is 0.217. The van der Waals surface area contributed by atoms with Gasteiger partial charge in [-0.05, 0) is 12.1 Å². The van der Waals surface area contributed by atoms with Crippen molar-refractivity contribution in [2.45, 2.75) is 18.0 Å². The van der Waals surface area contributed by atoms with Gasteiger partial charge < -0.3 is 26.7 Å². The van der Waals surface area contributed by atoms with E-state index in [1.807, 2.05) is 35.0 Å². The monoisotopic (exact) mass is 540 g/mol. The van der Waals surface area contributed by atoms with Crippen LogP contribution in [-0.2, 0) is 25.8 Å². The summed E-state index contributed by atoms with van der Waals surface area (Å²) in [4.78, 5) is 48.3. The molecule has 12 nitrogen and oxygen atoms in total. The van der Waals surface area contributed by atoms with Crippen molar-refractivity contribution < 1.29 is 28.9 Å². The van der Waals surface area contributed by atoms with Crippen molar-refractivity contribution in [2.75, 3.05) is 24.3 Å². The molecular formula is C23H22N7O5S2+. The van der Waals surface area contributed by atoms with Crippen molar-refractivity contribution >= 4 is 68.3 Å². The number of oxime groups is 1. The quantitative estimate of drug-likeness (QED) is 0.109. The first-order valence-corrected chi connectivity index (χ1v) is 12.9. The van der Waals surface area contributed by atoms with Gasteiger partial charge in [0.15, 0.2) is 23.6 Å². The van der Waals surface area contributed by atoms with Crippen LogP contribution in [-0.4, -0.2) is 62.8 Å². The molecule has 0 aliphatic carbocycles. The highest BCUT2D eigenvalue weighted by Gasteiger charge is 2.54. The van der Waals surface area contributed by atoms with Gasteiger partial charge in [-0.1, -0.05) is 11.2 Å². The Labute approximate surface area is 218 Å². The van der Waals surface area contributed by atoms with Gasteiger partial charge in [0.2, 0.25) is 5.52 Å². The van der Waals surface area contributed by atoms with Gasteiger partial charge in [0.05, 0.1) is 5.39 Å². The number of nitrogen functional groups attached to an aromatic ring is 2. The zero-order chi connectivity index (χ0) is 26.3. The summed E-state index contributed by atoms with van der Waals surface area (Å²) < 4.78 is 1.90. The summed E-state index contributed by atoms with van der Waals surface area (Å²) >= 11 is 2.51. The van der Waals surface area contributed by atoms with Gasteiger partial charge in [0.25, 0.3) is 11.8 Å². The molecule has 14 heteroatoms. The minimum Gasteiger partial charge on any atom is -0.477 e. The zero-order valence-electron chi connectivity index (χ0n) is 19.5. The topological polar surface area (TPSA) is 177 Å². The molecule has 2 aliphatic rings. The van der Waals surface area contributed by atoms with Crippen LogP contribution >= 0.6 is 23.1 Å². The van der Waals surface area contributed by atoms with Crippen LogP contribution < -0.4 is 21.4 Å². The van der Waals surface area contributed by atoms with Crippen molar-refractivity contribution in [1.29, 1.82) is 0 Å². The molecule has 190 valence electrons. The van der Waals surface area contributed by atoms with Gasteiger partial charge in [0, 0.05) is 34.5 Å². The number of hydrogen-bond donors (Lipinski definition) is 4. The highest BCUT2D eigenvalue weighted by molar-refractivity contribution is 8.00. The lowest BCUT2D eigenvalue weighted by Crippen LogP contribution is -2.71. The normalized spacial score (nSPS) is 19.4. The molecule has 1 saturated heterocycles. The second-order valence-corrected chi connectivity index (χ2v) is 10.2. The smallest absolute Gasteiger partial charge is 0.352 e. The van der Waals surface area contributed by atoms with Gasteiger partial charge in [0.1, 0.15) is 29.9 Å². The van der Waals surface area contributed by atoms with Crippen LogP contribution in [0.15, 0.2) is 58.3 Å². The summed E-state index contributed by atoms with van der Waals surface area (Å²) in [6, 6.07) is 8.34. The average Bonchev–Trinajstić information content (AvgIpc) is 3.31. The first-order chi connectivity index (χ1) is 17.8. The molecule has 3 aromatic rings. The number of nitrogens with one attached hydrogen (secondary N) is 1. The molecule has 2 aliphatic heterocycles. The number of anilines is 2. The average molecular weight is 541 g/mol. The third-order valence-electron chi connectivity index (χ3n) is 6.02. The number of hydrogen-bond acceptors (Lipinski definition) is 10. The Morgan fingerprint density at radius 1 is 1.32 bits per heavy atom. The van der Waals surface area contributed by atoms with Crippen LogP contribution in [0.3, 0.4) is 0 Å². The van der Waals surface area contributed by atoms with E-state index in [0.717, 1.165) is 22.2 Å². The van der Waals surface area contributed by atoms with Gasteiger partial charge in [-0.3, -0.25) is 14.5 Å². The Morgan fingerprint density at radius 3 is 2.84 bits per heavy atom. The van der Waals surface area contributed by atoms with Crippen molar-refractivity contribution in [1.82, 2.24) is 15.2 Å². The number of rotatable bonds is 7. The van der Waals surface area contributed by atoms with Gasteiger partial charge in [-0.15, -0.1) is 23.1 Å². The van der Waals surface area contributed by atoms with Gasteiger partial charge in [-0.2, -0.15) is 4.57 Å². The number of benzene rings is 1. The lowest BCUT2D eigenvalue weighted by Gasteiger charge is -2.49. The number of pyridine rings is 1. The standard InChI is InChI=1S/C23H21N7O5S2/c1-35-28-16(14-10-37-23(25)26-14)19(31)27-17-20(32)30-18(22(33)34)11(9-36-21(17)30)8-29-7-3-4-12-13(24)5-2-6-15(12)29/h2-7,10,17,21,24H,8-9H2,1H3,(H4,25,26,27,31,33,34)/p+1/b28-16-/t17-,21-/m1/s1. The molecule has 2 amide bonds. The number of carbonyl (C=O) groups is 3. The van der Waals surface area contributed by atoms with E-state index in [9.17, 15) is 19.5 Å². The van der Waals surface area contributed by atoms with E-state index in [-0.39, 0.29) is 28.8 Å². The van der Waals surface area contributed by atoms with E-state index in [0.29, 0.717) is 17.0 Å². The number of carbonyl (C=O) groups excluding carboxylic acids is 2. The molecule has 2 aromatic heterocycles. The summed E-state index contributed by atoms with van der Waals surface area (Å²) in [5.41, 5.74) is 13.8. The van der Waals surface area contributed by atoms with Gasteiger partial charge >= 0.3 is 5.97 Å². The molecule has 6 N–H and O–H groups in total. The number of carboxylic acids is 1. The number of β-lactam (4-membered cyclic amide) rings is 1. The van der Waals surface area contributed by atoms with E-state index in [1.54, 1.807) is 11.4 Å². The molecule has 0 bridgehead atoms. The third-order valence-corrected chi connectivity index (χ3v) is 8.03. The molecule has 0 unspecified atom stereocenters. The SMILES string of the molecule is CO/N=C(\C(=O)N[C@@H]1C(=O)N2C(C(=O)O)=C(C[n+]3cccc4c(N)cccc43)CS[C@H]12)c1csc(N)n1. The van der Waals surface area contributed by atoms with Crippen LogP contribution in [0.25, 0.3) is 10.9 Å². The lowest BCUT2D eigenvalue weighted by molar-refractivity contribution is -0.663. The fourth-order valence-electron chi connectivity index (χ4n) is 4.38. The maximum atomic E-state index is 13.1. The van der Waals surface area contributed by atoms with Crippen molar-refractivity contribution in [2.24, 2.45) is 5.16 Å². The molecule has 5 rings (SSSR count). The van der Waals surface area contributed by atoms with Crippen LogP contribution in [0.5, 0.6) is 0 Å². The number of fused-ring (bicyclic) bond motifs is 2. The fourth-order valence-corrected chi connectivity index (χ4v) is 6.26. The summed E-state index contributed by atoms with van der Waals surface area (Å²) in [7, 11) is 1.28. The van der Waals surface area contributed by atoms with Crippen LogP contribution in [0, 0.1) is 0 Å². The van der Waals surface area contributed by atoms with E-state index in [2.05, 4.69) is 15.5 Å². The molecule has 2 atom stereocenters. The van der Waals surface area contributed by atoms with E-state index in [4.69, 9.17) is 16.3 Å². The first-order valence-electron chi connectivity index (χ1n) is 11.0. The number of aromatic nitrogens is 2. The zero-order valence-corrected chi connectivity index (χ0v) is 21.1. The molecule has 0 saturated carbocycles. The molecule has 0 spiro atoms. The summed E-state index contributed by atoms with van der Waals surface area (Å²) in [5, 5.41) is 18.5. The van der Waals surface area contributed by atoms with Crippen LogP contribution in [0.1, 0.15) is 5.69 Å². The second kappa shape index (κ2) is 9.71. The largest absolute Gasteiger partial charge is 0.477 e. The predicted octanol–water partition coefficient (Wildman–Crippen LogP) is 0.538. The van der Waals surface area contributed by atoms with Gasteiger partial charge in [-0.25, -0.2) is 9.78 Å². The van der Waals surface area contributed by atoms with E-state index < -0.39 is 29.2 Å². The summed E-state index contributed by atoms with van der Waals surface area (Å²) in [5.74, 6) is -2.06. The molecule has 4 heterocycles. The number of nitrogens with zero attached hydrogens (tertiary/aromatic N) is 4. The number of carboxylic acid groups (broad SMARTS) is 1. The van der Waals surface area contributed by atoms with E-state index in [1.165, 1.54) is 23.8 Å². The van der Waals surface area contributed by atoms with Crippen molar-refractivity contribution in [3.8, 4) is 0 Å². The molecule has 1 fully saturated rings. The molecule has 37 heavy (non-hydrogen) atoms. The van der Waals surface area contributed by atoms with E-state index >= 15 is 0 Å². The third kappa shape index (κ3) is 4.34. The Morgan fingerprint density at radius 2 is 2.14 bits per heavy atom.